The number of anilines is 1. The molecule has 0 aliphatic rings. The number of aliphatic hydroxyl groups excluding tert-OH is 1. The van der Waals surface area contributed by atoms with Gasteiger partial charge in [0, 0.05) is 31.3 Å². The second-order valence-corrected chi connectivity index (χ2v) is 5.29. The molecule has 11 nitrogen and oxygen atoms in total. The summed E-state index contributed by atoms with van der Waals surface area (Å²) in [5.41, 5.74) is 0.130. The normalized spacial score (nSPS) is 11.4. The molecule has 0 fully saturated rings. The van der Waals surface area contributed by atoms with Crippen molar-refractivity contribution in [3.8, 4) is 0 Å². The molecule has 1 atom stereocenters. The van der Waals surface area contributed by atoms with E-state index in [0.717, 1.165) is 0 Å². The zero-order valence-electron chi connectivity index (χ0n) is 13.9. The molecule has 138 valence electrons. The Kier molecular flexibility index (Phi) is 8.79. The first-order valence-electron chi connectivity index (χ1n) is 7.80. The lowest BCUT2D eigenvalue weighted by Crippen LogP contribution is -2.36. The Balaban J connectivity index is 2.14. The zero-order valence-corrected chi connectivity index (χ0v) is 13.9. The van der Waals surface area contributed by atoms with E-state index in [-0.39, 0.29) is 18.9 Å². The van der Waals surface area contributed by atoms with E-state index in [1.165, 1.54) is 6.07 Å². The van der Waals surface area contributed by atoms with Gasteiger partial charge in [-0.15, -0.1) is 0 Å². The summed E-state index contributed by atoms with van der Waals surface area (Å²) in [5, 5.41) is 19.5. The Hall–Kier alpha value is -2.82. The summed E-state index contributed by atoms with van der Waals surface area (Å²) in [6, 6.07) is 0.804. The highest BCUT2D eigenvalue weighted by atomic mass is 16.3. The summed E-state index contributed by atoms with van der Waals surface area (Å²) in [6.45, 7) is 2.25. The number of hydrogen-bond acceptors (Lipinski definition) is 7. The van der Waals surface area contributed by atoms with Crippen molar-refractivity contribution >= 4 is 17.9 Å². The molecular formula is C14H22N6O5. The smallest absolute Gasteiger partial charge is 0.321 e. The minimum absolute atomic E-state index is 0.00779. The Labute approximate surface area is 143 Å². The number of aromatic nitrogens is 2. The van der Waals surface area contributed by atoms with Crippen molar-refractivity contribution < 1.29 is 14.7 Å². The van der Waals surface area contributed by atoms with Crippen LogP contribution < -0.4 is 21.5 Å². The van der Waals surface area contributed by atoms with E-state index >= 15 is 0 Å². The SMILES string of the molecule is Cc1cc(=O)nc(NC(=O)NCCCCNC(=O)C(O)CCN=O)[nH]1. The summed E-state index contributed by atoms with van der Waals surface area (Å²) < 4.78 is 0. The van der Waals surface area contributed by atoms with Crippen LogP contribution in [0.3, 0.4) is 0 Å². The highest BCUT2D eigenvalue weighted by Gasteiger charge is 2.13. The second kappa shape index (κ2) is 10.9. The number of rotatable bonds is 10. The lowest BCUT2D eigenvalue weighted by atomic mass is 10.2. The van der Waals surface area contributed by atoms with Gasteiger partial charge in [0.05, 0.1) is 6.54 Å². The highest BCUT2D eigenvalue weighted by Crippen LogP contribution is 1.96. The molecule has 5 N–H and O–H groups in total. The average Bonchev–Trinajstić information content (AvgIpc) is 2.54. The largest absolute Gasteiger partial charge is 0.383 e. The predicted octanol–water partition coefficient (Wildman–Crippen LogP) is -0.386. The van der Waals surface area contributed by atoms with E-state index in [9.17, 15) is 24.4 Å². The maximum absolute atomic E-state index is 11.6. The molecule has 0 aliphatic carbocycles. The molecule has 0 aromatic carbocycles. The third-order valence-corrected chi connectivity index (χ3v) is 3.09. The molecule has 1 heterocycles. The van der Waals surface area contributed by atoms with E-state index in [4.69, 9.17) is 0 Å². The Bertz CT molecular complexity index is 647. The minimum atomic E-state index is -1.24. The summed E-state index contributed by atoms with van der Waals surface area (Å²) in [4.78, 5) is 50.6. The molecule has 1 rings (SSSR count). The summed E-state index contributed by atoms with van der Waals surface area (Å²) >= 11 is 0. The zero-order chi connectivity index (χ0) is 18.7. The third kappa shape index (κ3) is 8.55. The van der Waals surface area contributed by atoms with Crippen molar-refractivity contribution in [3.63, 3.8) is 0 Å². The van der Waals surface area contributed by atoms with Gasteiger partial charge in [-0.05, 0) is 19.8 Å². The van der Waals surface area contributed by atoms with Crippen LogP contribution in [0.5, 0.6) is 0 Å². The first-order valence-corrected chi connectivity index (χ1v) is 7.80. The standard InChI is InChI=1S/C14H22N6O5/c1-9-8-11(22)19-13(18-9)20-14(24)16-6-3-2-5-15-12(23)10(21)4-7-17-25/h8,10,21H,2-7H2,1H3,(H,15,23)(H3,16,18,19,20,22,24). The van der Waals surface area contributed by atoms with E-state index in [1.54, 1.807) is 6.92 Å². The van der Waals surface area contributed by atoms with Crippen LogP contribution in [0.1, 0.15) is 25.0 Å². The van der Waals surface area contributed by atoms with Crippen LogP contribution in [0.15, 0.2) is 16.0 Å². The molecule has 0 saturated carbocycles. The van der Waals surface area contributed by atoms with Crippen molar-refractivity contribution in [2.24, 2.45) is 5.18 Å². The number of nitrogens with one attached hydrogen (secondary N) is 4. The van der Waals surface area contributed by atoms with Gasteiger partial charge in [-0.1, -0.05) is 5.18 Å². The topological polar surface area (TPSA) is 166 Å². The fourth-order valence-electron chi connectivity index (χ4n) is 1.88. The van der Waals surface area contributed by atoms with Gasteiger partial charge in [0.15, 0.2) is 0 Å². The fourth-order valence-corrected chi connectivity index (χ4v) is 1.88. The minimum Gasteiger partial charge on any atom is -0.383 e. The Morgan fingerprint density at radius 1 is 1.32 bits per heavy atom. The van der Waals surface area contributed by atoms with Crippen molar-refractivity contribution in [2.75, 3.05) is 25.0 Å². The average molecular weight is 354 g/mol. The second-order valence-electron chi connectivity index (χ2n) is 5.29. The molecule has 0 saturated heterocycles. The maximum Gasteiger partial charge on any atom is 0.321 e. The molecule has 25 heavy (non-hydrogen) atoms. The summed E-state index contributed by atoms with van der Waals surface area (Å²) in [5.74, 6) is -0.489. The molecule has 11 heteroatoms. The van der Waals surface area contributed by atoms with E-state index < -0.39 is 23.6 Å². The van der Waals surface area contributed by atoms with Crippen LogP contribution in [0.4, 0.5) is 10.7 Å². The van der Waals surface area contributed by atoms with Gasteiger partial charge >= 0.3 is 6.03 Å². The van der Waals surface area contributed by atoms with Crippen LogP contribution >= 0.6 is 0 Å². The van der Waals surface area contributed by atoms with Crippen molar-refractivity contribution in [3.05, 3.63) is 27.0 Å². The number of urea groups is 1. The van der Waals surface area contributed by atoms with Crippen molar-refractivity contribution in [1.82, 2.24) is 20.6 Å². The van der Waals surface area contributed by atoms with E-state index in [1.807, 2.05) is 0 Å². The molecule has 0 radical (unpaired) electrons. The van der Waals surface area contributed by atoms with Gasteiger partial charge in [0.1, 0.15) is 6.10 Å². The number of nitrogens with zero attached hydrogens (tertiary/aromatic N) is 2. The van der Waals surface area contributed by atoms with Crippen LogP contribution in [0.2, 0.25) is 0 Å². The number of nitroso groups, excluding NO2 is 1. The van der Waals surface area contributed by atoms with Crippen LogP contribution in [0, 0.1) is 11.8 Å². The van der Waals surface area contributed by atoms with Gasteiger partial charge in [-0.25, -0.2) is 4.79 Å². The molecule has 0 aliphatic heterocycles. The Morgan fingerprint density at radius 2 is 2.00 bits per heavy atom. The van der Waals surface area contributed by atoms with Gasteiger partial charge in [-0.2, -0.15) is 9.89 Å². The number of aliphatic hydroxyl groups is 1. The monoisotopic (exact) mass is 354 g/mol. The highest BCUT2D eigenvalue weighted by molar-refractivity contribution is 5.87. The summed E-state index contributed by atoms with van der Waals surface area (Å²) in [7, 11) is 0. The predicted molar refractivity (Wildman–Crippen MR) is 90.1 cm³/mol. The third-order valence-electron chi connectivity index (χ3n) is 3.09. The van der Waals surface area contributed by atoms with Crippen molar-refractivity contribution in [1.29, 1.82) is 0 Å². The first kappa shape index (κ1) is 20.2. The van der Waals surface area contributed by atoms with E-state index in [2.05, 4.69) is 31.1 Å². The van der Waals surface area contributed by atoms with E-state index in [0.29, 0.717) is 31.6 Å². The molecule has 1 aromatic heterocycles. The quantitative estimate of drug-likeness (QED) is 0.283. The first-order chi connectivity index (χ1) is 11.9. The number of aromatic amines is 1. The number of carbonyl (C=O) groups excluding carboxylic acids is 2. The molecule has 1 unspecified atom stereocenters. The molecule has 1 aromatic rings. The van der Waals surface area contributed by atoms with Gasteiger partial charge in [0.2, 0.25) is 11.9 Å². The van der Waals surface area contributed by atoms with Gasteiger partial charge in [-0.3, -0.25) is 14.9 Å². The Morgan fingerprint density at radius 3 is 2.64 bits per heavy atom. The number of unbranched alkanes of at least 4 members (excludes halogenated alkanes) is 1. The molecular weight excluding hydrogens is 332 g/mol. The number of amides is 3. The van der Waals surface area contributed by atoms with Crippen LogP contribution in [-0.2, 0) is 4.79 Å². The molecule has 0 bridgehead atoms. The van der Waals surface area contributed by atoms with Gasteiger partial charge < -0.3 is 20.7 Å². The maximum atomic E-state index is 11.6. The van der Waals surface area contributed by atoms with Gasteiger partial charge in [0.25, 0.3) is 5.56 Å². The molecule has 0 spiro atoms. The van der Waals surface area contributed by atoms with Crippen LogP contribution in [-0.4, -0.2) is 52.8 Å². The number of hydrogen-bond donors (Lipinski definition) is 5. The number of carbonyl (C=O) groups is 2. The summed E-state index contributed by atoms with van der Waals surface area (Å²) in [6.07, 6.45) is -0.0704. The lowest BCUT2D eigenvalue weighted by Gasteiger charge is -2.10. The molecule has 3 amide bonds. The fraction of sp³-hybridized carbons (Fsp3) is 0.571. The van der Waals surface area contributed by atoms with Crippen molar-refractivity contribution in [2.45, 2.75) is 32.3 Å². The number of H-pyrrole nitrogens is 1. The van der Waals surface area contributed by atoms with Crippen LogP contribution in [0.25, 0.3) is 0 Å². The number of aryl methyl sites for hydroxylation is 1. The lowest BCUT2D eigenvalue weighted by molar-refractivity contribution is -0.129.